The van der Waals surface area contributed by atoms with E-state index in [9.17, 15) is 26.7 Å². The van der Waals surface area contributed by atoms with Gasteiger partial charge in [0.15, 0.2) is 4.87 Å². The van der Waals surface area contributed by atoms with Gasteiger partial charge in [-0.05, 0) is 0 Å². The van der Waals surface area contributed by atoms with Gasteiger partial charge in [0.1, 0.15) is 0 Å². The Morgan fingerprint density at radius 1 is 1.26 bits per heavy atom. The van der Waals surface area contributed by atoms with E-state index >= 15 is 0 Å². The summed E-state index contributed by atoms with van der Waals surface area (Å²) in [5.41, 5.74) is -1.18. The normalized spacial score (nSPS) is 31.2. The van der Waals surface area contributed by atoms with E-state index in [0.717, 1.165) is 0 Å². The molecule has 2 unspecified atom stereocenters. The van der Waals surface area contributed by atoms with Gasteiger partial charge in [-0.3, -0.25) is 4.79 Å². The largest absolute Gasteiger partial charge is 0.480 e. The lowest BCUT2D eigenvalue weighted by atomic mass is 10.1. The summed E-state index contributed by atoms with van der Waals surface area (Å²) in [5.74, 6) is -7.95. The Labute approximate surface area is 115 Å². The number of carbonyl (C=O) groups is 1. The van der Waals surface area contributed by atoms with E-state index in [0.29, 0.717) is 6.08 Å². The number of alkyl halides is 6. The molecule has 0 aromatic heterocycles. The zero-order chi connectivity index (χ0) is 15.4. The first kappa shape index (κ1) is 16.5. The molecule has 0 aromatic carbocycles. The summed E-state index contributed by atoms with van der Waals surface area (Å²) in [4.78, 5) is 8.99. The zero-order valence-corrected chi connectivity index (χ0v) is 11.2. The van der Waals surface area contributed by atoms with Crippen LogP contribution >= 0.6 is 23.2 Å². The molecule has 1 fully saturated rings. The Bertz CT molecular complexity index is 444. The maximum Gasteiger partial charge on any atom is 0.459 e. The Morgan fingerprint density at radius 2 is 1.68 bits per heavy atom. The standard InChI is InChI=1S/C10H9Cl2F5O2/c1-7(2)4(8(7,12)6(18)19)3-5(11)9(13,14)10(15,16)17/h3-4H,1-2H3,(H,18,19). The predicted octanol–water partition coefficient (Wildman–Crippen LogP) is 4.02. The van der Waals surface area contributed by atoms with Crippen molar-refractivity contribution >= 4 is 29.2 Å². The van der Waals surface area contributed by atoms with E-state index in [2.05, 4.69) is 0 Å². The van der Waals surface area contributed by atoms with E-state index in [1.54, 1.807) is 0 Å². The first-order valence-corrected chi connectivity index (χ1v) is 5.71. The number of aliphatic carboxylic acids is 1. The van der Waals surface area contributed by atoms with Crippen molar-refractivity contribution in [1.82, 2.24) is 0 Å². The van der Waals surface area contributed by atoms with Crippen molar-refractivity contribution in [3.05, 3.63) is 11.1 Å². The minimum absolute atomic E-state index is 0.371. The fraction of sp³-hybridized carbons (Fsp3) is 0.700. The van der Waals surface area contributed by atoms with Crippen LogP contribution < -0.4 is 0 Å². The highest BCUT2D eigenvalue weighted by molar-refractivity contribution is 6.38. The maximum atomic E-state index is 12.9. The van der Waals surface area contributed by atoms with Gasteiger partial charge in [-0.25, -0.2) is 0 Å². The van der Waals surface area contributed by atoms with Gasteiger partial charge in [-0.1, -0.05) is 31.5 Å². The number of hydrogen-bond donors (Lipinski definition) is 1. The molecule has 0 radical (unpaired) electrons. The molecule has 0 saturated heterocycles. The molecule has 1 rings (SSSR count). The Kier molecular flexibility index (Phi) is 3.66. The van der Waals surface area contributed by atoms with Gasteiger partial charge < -0.3 is 5.11 Å². The van der Waals surface area contributed by atoms with Gasteiger partial charge in [-0.15, -0.1) is 11.6 Å². The second kappa shape index (κ2) is 4.22. The number of hydrogen-bond acceptors (Lipinski definition) is 1. The highest BCUT2D eigenvalue weighted by Gasteiger charge is 2.75. The van der Waals surface area contributed by atoms with Crippen LogP contribution in [0.15, 0.2) is 11.1 Å². The zero-order valence-electron chi connectivity index (χ0n) is 9.66. The van der Waals surface area contributed by atoms with E-state index in [1.165, 1.54) is 13.8 Å². The lowest BCUT2D eigenvalue weighted by Gasteiger charge is -2.18. The molecule has 9 heteroatoms. The molecule has 0 heterocycles. The monoisotopic (exact) mass is 326 g/mol. The van der Waals surface area contributed by atoms with Crippen molar-refractivity contribution in [2.75, 3.05) is 0 Å². The van der Waals surface area contributed by atoms with Crippen LogP contribution in [0, 0.1) is 11.3 Å². The minimum atomic E-state index is -5.85. The SMILES string of the molecule is CC1(C)C(C=C(Cl)C(F)(F)C(F)(F)F)C1(Cl)C(=O)O. The number of allylic oxidation sites excluding steroid dienone is 2. The third-order valence-electron chi connectivity index (χ3n) is 3.34. The van der Waals surface area contributed by atoms with Crippen LogP contribution in [0.2, 0.25) is 0 Å². The van der Waals surface area contributed by atoms with Gasteiger partial charge in [0, 0.05) is 11.3 Å². The summed E-state index contributed by atoms with van der Waals surface area (Å²) in [6.07, 6.45) is -5.48. The fourth-order valence-corrected chi connectivity index (χ4v) is 2.50. The fourth-order valence-electron chi connectivity index (χ4n) is 1.87. The van der Waals surface area contributed by atoms with Gasteiger partial charge in [0.05, 0.1) is 5.03 Å². The molecule has 2 atom stereocenters. The Balaban J connectivity index is 3.11. The molecule has 1 aliphatic rings. The summed E-state index contributed by atoms with van der Waals surface area (Å²) < 4.78 is 62.0. The summed E-state index contributed by atoms with van der Waals surface area (Å²) in [7, 11) is 0. The summed E-state index contributed by atoms with van der Waals surface area (Å²) in [5, 5.41) is 7.10. The van der Waals surface area contributed by atoms with Crippen LogP contribution in [0.4, 0.5) is 22.0 Å². The topological polar surface area (TPSA) is 37.3 Å². The number of carboxylic acid groups (broad SMARTS) is 1. The van der Waals surface area contributed by atoms with Gasteiger partial charge in [0.2, 0.25) is 0 Å². The second-order valence-electron chi connectivity index (χ2n) is 4.80. The van der Waals surface area contributed by atoms with E-state index in [1.807, 2.05) is 0 Å². The molecule has 0 bridgehead atoms. The average Bonchev–Trinajstić information content (AvgIpc) is 2.62. The molecular weight excluding hydrogens is 318 g/mol. The van der Waals surface area contributed by atoms with Gasteiger partial charge in [-0.2, -0.15) is 22.0 Å². The third kappa shape index (κ3) is 2.20. The molecule has 1 N–H and O–H groups in total. The molecule has 2 nitrogen and oxygen atoms in total. The quantitative estimate of drug-likeness (QED) is 0.628. The van der Waals surface area contributed by atoms with E-state index < -0.39 is 39.3 Å². The summed E-state index contributed by atoms with van der Waals surface area (Å²) >= 11 is 10.7. The highest BCUT2D eigenvalue weighted by atomic mass is 35.5. The smallest absolute Gasteiger partial charge is 0.459 e. The Hall–Kier alpha value is -0.560. The first-order chi connectivity index (χ1) is 8.20. The van der Waals surface area contributed by atoms with Crippen LogP contribution in [0.3, 0.4) is 0 Å². The first-order valence-electron chi connectivity index (χ1n) is 4.95. The molecule has 0 spiro atoms. The van der Waals surface area contributed by atoms with Gasteiger partial charge in [0.25, 0.3) is 0 Å². The number of rotatable bonds is 3. The van der Waals surface area contributed by atoms with Crippen LogP contribution in [0.5, 0.6) is 0 Å². The van der Waals surface area contributed by atoms with Crippen molar-refractivity contribution in [2.24, 2.45) is 11.3 Å². The van der Waals surface area contributed by atoms with Crippen LogP contribution in [-0.2, 0) is 4.79 Å². The lowest BCUT2D eigenvalue weighted by Crippen LogP contribution is -2.36. The minimum Gasteiger partial charge on any atom is -0.480 e. The van der Waals surface area contributed by atoms with Crippen molar-refractivity contribution < 1.29 is 31.9 Å². The lowest BCUT2D eigenvalue weighted by molar-refractivity contribution is -0.261. The molecule has 0 amide bonds. The van der Waals surface area contributed by atoms with Crippen LogP contribution in [-0.4, -0.2) is 28.0 Å². The molecule has 1 aliphatic carbocycles. The molecule has 19 heavy (non-hydrogen) atoms. The molecular formula is C10H9Cl2F5O2. The Morgan fingerprint density at radius 3 is 1.95 bits per heavy atom. The number of carboxylic acids is 1. The maximum absolute atomic E-state index is 12.9. The molecule has 1 saturated carbocycles. The molecule has 110 valence electrons. The van der Waals surface area contributed by atoms with E-state index in [4.69, 9.17) is 28.3 Å². The summed E-state index contributed by atoms with van der Waals surface area (Å²) in [6.45, 7) is 2.68. The third-order valence-corrected chi connectivity index (χ3v) is 4.59. The average molecular weight is 327 g/mol. The summed E-state index contributed by atoms with van der Waals surface area (Å²) in [6, 6.07) is 0. The predicted molar refractivity (Wildman–Crippen MR) is 58.4 cm³/mol. The van der Waals surface area contributed by atoms with Crippen molar-refractivity contribution in [1.29, 1.82) is 0 Å². The molecule has 0 aromatic rings. The van der Waals surface area contributed by atoms with E-state index in [-0.39, 0.29) is 0 Å². The number of halogens is 7. The van der Waals surface area contributed by atoms with Gasteiger partial charge >= 0.3 is 18.1 Å². The molecule has 0 aliphatic heterocycles. The van der Waals surface area contributed by atoms with Crippen molar-refractivity contribution in [3.63, 3.8) is 0 Å². The highest BCUT2D eigenvalue weighted by Crippen LogP contribution is 2.67. The van der Waals surface area contributed by atoms with Crippen LogP contribution in [0.25, 0.3) is 0 Å². The van der Waals surface area contributed by atoms with Crippen molar-refractivity contribution in [3.8, 4) is 0 Å². The second-order valence-corrected chi connectivity index (χ2v) is 5.81. The van der Waals surface area contributed by atoms with Crippen molar-refractivity contribution in [2.45, 2.75) is 30.8 Å². The van der Waals surface area contributed by atoms with Crippen LogP contribution in [0.1, 0.15) is 13.8 Å².